The molecule has 0 bridgehead atoms. The molecule has 0 amide bonds. The highest BCUT2D eigenvalue weighted by Gasteiger charge is 2.31. The molecule has 0 spiro atoms. The number of furan rings is 1. The summed E-state index contributed by atoms with van der Waals surface area (Å²) < 4.78 is 16.2. The second-order valence-electron chi connectivity index (χ2n) is 6.40. The topological polar surface area (TPSA) is 101 Å². The van der Waals surface area contributed by atoms with Crippen molar-refractivity contribution in [3.63, 3.8) is 0 Å². The second kappa shape index (κ2) is 8.32. The fourth-order valence-corrected chi connectivity index (χ4v) is 3.21. The SMILES string of the molecule is COc1ccc(N2C(N3CCOCC3)=NC(N)=NC2NCc2ccco2)cc1. The Hall–Kier alpha value is -3.04. The summed E-state index contributed by atoms with van der Waals surface area (Å²) >= 11 is 0. The van der Waals surface area contributed by atoms with Crippen molar-refractivity contribution in [1.82, 2.24) is 10.2 Å². The Morgan fingerprint density at radius 1 is 1.21 bits per heavy atom. The molecule has 3 N–H and O–H groups in total. The quantitative estimate of drug-likeness (QED) is 0.798. The predicted octanol–water partition coefficient (Wildman–Crippen LogP) is 1.18. The summed E-state index contributed by atoms with van der Waals surface area (Å²) in [6.45, 7) is 3.29. The molecule has 0 saturated carbocycles. The lowest BCUT2D eigenvalue weighted by molar-refractivity contribution is 0.0669. The van der Waals surface area contributed by atoms with Crippen LogP contribution in [0.1, 0.15) is 5.76 Å². The van der Waals surface area contributed by atoms with Gasteiger partial charge in [0.2, 0.25) is 11.9 Å². The summed E-state index contributed by atoms with van der Waals surface area (Å²) in [4.78, 5) is 13.3. The summed E-state index contributed by atoms with van der Waals surface area (Å²) in [5, 5.41) is 3.40. The van der Waals surface area contributed by atoms with Crippen molar-refractivity contribution in [3.8, 4) is 5.75 Å². The van der Waals surface area contributed by atoms with E-state index in [9.17, 15) is 0 Å². The van der Waals surface area contributed by atoms with Gasteiger partial charge in [-0.15, -0.1) is 0 Å². The predicted molar refractivity (Wildman–Crippen MR) is 106 cm³/mol. The largest absolute Gasteiger partial charge is 0.497 e. The molecular formula is C19H24N6O3. The second-order valence-corrected chi connectivity index (χ2v) is 6.40. The van der Waals surface area contributed by atoms with Crippen molar-refractivity contribution in [3.05, 3.63) is 48.4 Å². The molecule has 1 fully saturated rings. The lowest BCUT2D eigenvalue weighted by atomic mass is 10.2. The van der Waals surface area contributed by atoms with Crippen LogP contribution in [0.4, 0.5) is 5.69 Å². The van der Waals surface area contributed by atoms with E-state index in [0.29, 0.717) is 19.8 Å². The highest BCUT2D eigenvalue weighted by molar-refractivity contribution is 6.05. The van der Waals surface area contributed by atoms with Crippen molar-refractivity contribution in [2.24, 2.45) is 15.7 Å². The standard InChI is InChI=1S/C19H24N6O3/c1-26-15-6-4-14(5-7-15)25-18(21-13-16-3-2-10-28-16)22-17(20)23-19(25)24-8-11-27-12-9-24/h2-7,10,18,21H,8-9,11-13H2,1H3,(H2,20,22). The summed E-state index contributed by atoms with van der Waals surface area (Å²) in [7, 11) is 1.65. The van der Waals surface area contributed by atoms with E-state index < -0.39 is 6.29 Å². The molecule has 1 aromatic heterocycles. The van der Waals surface area contributed by atoms with Crippen LogP contribution in [0.15, 0.2) is 57.1 Å². The molecule has 0 aliphatic carbocycles. The van der Waals surface area contributed by atoms with E-state index in [2.05, 4.69) is 20.2 Å². The number of morpholine rings is 1. The van der Waals surface area contributed by atoms with E-state index in [1.54, 1.807) is 13.4 Å². The molecule has 1 atom stereocenters. The first-order valence-corrected chi connectivity index (χ1v) is 9.18. The van der Waals surface area contributed by atoms with Crippen LogP contribution in [0.25, 0.3) is 0 Å². The summed E-state index contributed by atoms with van der Waals surface area (Å²) in [5.41, 5.74) is 6.98. The number of hydrogen-bond acceptors (Lipinski definition) is 9. The minimum atomic E-state index is -0.422. The number of hydrogen-bond donors (Lipinski definition) is 2. The normalized spacial score (nSPS) is 20.0. The molecule has 9 heteroatoms. The van der Waals surface area contributed by atoms with Gasteiger partial charge in [0.1, 0.15) is 11.5 Å². The number of nitrogens with two attached hydrogens (primary N) is 1. The molecule has 2 aromatic rings. The zero-order chi connectivity index (χ0) is 19.3. The van der Waals surface area contributed by atoms with Gasteiger partial charge < -0.3 is 24.5 Å². The number of anilines is 1. The smallest absolute Gasteiger partial charge is 0.221 e. The molecule has 1 aromatic carbocycles. The van der Waals surface area contributed by atoms with Crippen LogP contribution >= 0.6 is 0 Å². The molecule has 3 heterocycles. The van der Waals surface area contributed by atoms with E-state index >= 15 is 0 Å². The number of nitrogens with one attached hydrogen (secondary N) is 1. The third-order valence-electron chi connectivity index (χ3n) is 4.61. The number of rotatable bonds is 5. The number of methoxy groups -OCH3 is 1. The number of benzene rings is 1. The van der Waals surface area contributed by atoms with Gasteiger partial charge >= 0.3 is 0 Å². The third kappa shape index (κ3) is 3.95. The number of ether oxygens (including phenoxy) is 2. The van der Waals surface area contributed by atoms with E-state index in [0.717, 1.165) is 36.2 Å². The molecule has 1 unspecified atom stereocenters. The van der Waals surface area contributed by atoms with Gasteiger partial charge in [-0.1, -0.05) is 0 Å². The minimum Gasteiger partial charge on any atom is -0.497 e. The Labute approximate surface area is 163 Å². The molecule has 1 saturated heterocycles. The van der Waals surface area contributed by atoms with Gasteiger partial charge in [-0.25, -0.2) is 4.99 Å². The lowest BCUT2D eigenvalue weighted by Gasteiger charge is -2.40. The van der Waals surface area contributed by atoms with Crippen LogP contribution in [0.3, 0.4) is 0 Å². The van der Waals surface area contributed by atoms with Crippen molar-refractivity contribution >= 4 is 17.6 Å². The van der Waals surface area contributed by atoms with Crippen LogP contribution in [0.5, 0.6) is 5.75 Å². The van der Waals surface area contributed by atoms with E-state index in [1.165, 1.54) is 0 Å². The molecule has 148 valence electrons. The maximum Gasteiger partial charge on any atom is 0.221 e. The fourth-order valence-electron chi connectivity index (χ4n) is 3.21. The van der Waals surface area contributed by atoms with Crippen LogP contribution in [-0.2, 0) is 11.3 Å². The average molecular weight is 384 g/mol. The van der Waals surface area contributed by atoms with Gasteiger partial charge in [0, 0.05) is 18.8 Å². The van der Waals surface area contributed by atoms with Gasteiger partial charge in [0.05, 0.1) is 33.1 Å². The Kier molecular flexibility index (Phi) is 5.45. The van der Waals surface area contributed by atoms with Crippen molar-refractivity contribution in [2.75, 3.05) is 38.3 Å². The van der Waals surface area contributed by atoms with Crippen molar-refractivity contribution in [2.45, 2.75) is 12.8 Å². The van der Waals surface area contributed by atoms with Crippen LogP contribution in [-0.4, -0.2) is 56.5 Å². The number of nitrogens with zero attached hydrogens (tertiary/aromatic N) is 4. The maximum atomic E-state index is 6.05. The molecular weight excluding hydrogens is 360 g/mol. The summed E-state index contributed by atoms with van der Waals surface area (Å²) in [6, 6.07) is 11.6. The molecule has 2 aliphatic heterocycles. The van der Waals surface area contributed by atoms with Crippen LogP contribution in [0.2, 0.25) is 0 Å². The molecule has 4 rings (SSSR count). The molecule has 28 heavy (non-hydrogen) atoms. The molecule has 9 nitrogen and oxygen atoms in total. The third-order valence-corrected chi connectivity index (χ3v) is 4.61. The van der Waals surface area contributed by atoms with Crippen LogP contribution < -0.4 is 20.7 Å². The Bertz CT molecular complexity index is 828. The van der Waals surface area contributed by atoms with Gasteiger partial charge in [0.15, 0.2) is 6.29 Å². The zero-order valence-electron chi connectivity index (χ0n) is 15.7. The van der Waals surface area contributed by atoms with Gasteiger partial charge in [0.25, 0.3) is 0 Å². The van der Waals surface area contributed by atoms with Crippen LogP contribution in [0, 0.1) is 0 Å². The number of guanidine groups is 2. The summed E-state index contributed by atoms with van der Waals surface area (Å²) in [6.07, 6.45) is 1.23. The number of aliphatic imine (C=N–C) groups is 2. The maximum absolute atomic E-state index is 6.05. The van der Waals surface area contributed by atoms with Gasteiger partial charge in [-0.3, -0.25) is 10.2 Å². The fraction of sp³-hybridized carbons (Fsp3) is 0.368. The van der Waals surface area contributed by atoms with Gasteiger partial charge in [-0.2, -0.15) is 4.99 Å². The van der Waals surface area contributed by atoms with Crippen molar-refractivity contribution in [1.29, 1.82) is 0 Å². The average Bonchev–Trinajstić information content (AvgIpc) is 3.26. The van der Waals surface area contributed by atoms with E-state index in [4.69, 9.17) is 19.6 Å². The molecule has 0 radical (unpaired) electrons. The Morgan fingerprint density at radius 3 is 2.68 bits per heavy atom. The summed E-state index contributed by atoms with van der Waals surface area (Å²) in [5.74, 6) is 2.59. The van der Waals surface area contributed by atoms with E-state index in [1.807, 2.05) is 41.3 Å². The Balaban J connectivity index is 1.64. The van der Waals surface area contributed by atoms with Gasteiger partial charge in [-0.05, 0) is 36.4 Å². The lowest BCUT2D eigenvalue weighted by Crippen LogP contribution is -2.58. The first kappa shape index (κ1) is 18.3. The first-order valence-electron chi connectivity index (χ1n) is 9.18. The van der Waals surface area contributed by atoms with E-state index in [-0.39, 0.29) is 5.96 Å². The first-order chi connectivity index (χ1) is 13.7. The minimum absolute atomic E-state index is 0.239. The highest BCUT2D eigenvalue weighted by Crippen LogP contribution is 2.25. The zero-order valence-corrected chi connectivity index (χ0v) is 15.7. The molecule has 2 aliphatic rings. The highest BCUT2D eigenvalue weighted by atomic mass is 16.5. The Morgan fingerprint density at radius 2 is 2.00 bits per heavy atom. The monoisotopic (exact) mass is 384 g/mol. The van der Waals surface area contributed by atoms with Crippen molar-refractivity contribution < 1.29 is 13.9 Å².